The van der Waals surface area contributed by atoms with Crippen molar-refractivity contribution in [2.45, 2.75) is 11.8 Å². The third kappa shape index (κ3) is 9.38. The number of hydrogen-bond acceptors (Lipinski definition) is 5. The first-order valence-electron chi connectivity index (χ1n) is 4.63. The Morgan fingerprint density at radius 2 is 1.83 bits per heavy atom. The molecule has 1 aromatic rings. The van der Waals surface area contributed by atoms with Crippen molar-refractivity contribution < 1.29 is 52.1 Å². The summed E-state index contributed by atoms with van der Waals surface area (Å²) in [4.78, 5) is 9.05. The first kappa shape index (κ1) is 19.7. The number of aliphatic carboxylic acids is 1. The van der Waals surface area contributed by atoms with Crippen molar-refractivity contribution in [3.05, 3.63) is 43.0 Å². The minimum Gasteiger partial charge on any atom is -0.550 e. The van der Waals surface area contributed by atoms with Gasteiger partial charge >= 0.3 is 29.6 Å². The maximum atomic E-state index is 11.3. The predicted octanol–water partition coefficient (Wildman–Crippen LogP) is -2.66. The summed E-state index contributed by atoms with van der Waals surface area (Å²) >= 11 is 0. The number of rotatable bonds is 4. The molecule has 0 aliphatic carbocycles. The Labute approximate surface area is 129 Å². The van der Waals surface area contributed by atoms with E-state index in [9.17, 15) is 8.42 Å². The van der Waals surface area contributed by atoms with Crippen LogP contribution in [0.25, 0.3) is 0 Å². The molecule has 0 spiro atoms. The summed E-state index contributed by atoms with van der Waals surface area (Å²) in [5, 5.41) is 8.89. The molecule has 0 aromatic heterocycles. The summed E-state index contributed by atoms with van der Waals surface area (Å²) in [5.41, 5.74) is 0. The SMILES string of the molecule is C=CCOS(=O)(=O)c1ccccc1.CC(=O)[O-].[Na+]. The molecule has 0 saturated heterocycles. The second-order valence-corrected chi connectivity index (χ2v) is 4.45. The summed E-state index contributed by atoms with van der Waals surface area (Å²) in [6.07, 6.45) is 1.39. The Bertz CT molecular complexity index is 452. The summed E-state index contributed by atoms with van der Waals surface area (Å²) < 4.78 is 27.3. The quantitative estimate of drug-likeness (QED) is 0.341. The van der Waals surface area contributed by atoms with Crippen LogP contribution in [0.2, 0.25) is 0 Å². The fourth-order valence-electron chi connectivity index (χ4n) is 0.793. The van der Waals surface area contributed by atoms with Gasteiger partial charge < -0.3 is 9.90 Å². The molecule has 0 amide bonds. The molecule has 1 rings (SSSR count). The maximum Gasteiger partial charge on any atom is 1.00 e. The van der Waals surface area contributed by atoms with Crippen LogP contribution < -0.4 is 34.7 Å². The molecule has 0 fully saturated rings. The van der Waals surface area contributed by atoms with Crippen LogP contribution in [0.1, 0.15) is 6.92 Å². The number of carbonyl (C=O) groups is 1. The minimum absolute atomic E-state index is 0. The first-order chi connectivity index (χ1) is 7.90. The van der Waals surface area contributed by atoms with E-state index in [4.69, 9.17) is 9.90 Å². The van der Waals surface area contributed by atoms with Gasteiger partial charge in [0.15, 0.2) is 0 Å². The van der Waals surface area contributed by atoms with Crippen LogP contribution in [0.5, 0.6) is 0 Å². The van der Waals surface area contributed by atoms with Crippen molar-refractivity contribution >= 4 is 16.1 Å². The second kappa shape index (κ2) is 10.3. The van der Waals surface area contributed by atoms with E-state index in [-0.39, 0.29) is 41.1 Å². The van der Waals surface area contributed by atoms with Crippen molar-refractivity contribution in [3.8, 4) is 0 Å². The molecule has 0 bridgehead atoms. The van der Waals surface area contributed by atoms with E-state index in [0.717, 1.165) is 6.92 Å². The number of hydrogen-bond donors (Lipinski definition) is 0. The summed E-state index contributed by atoms with van der Waals surface area (Å²) in [5.74, 6) is -1.08. The van der Waals surface area contributed by atoms with Gasteiger partial charge in [-0.15, -0.1) is 6.58 Å². The average Bonchev–Trinajstić information content (AvgIpc) is 2.27. The van der Waals surface area contributed by atoms with Gasteiger partial charge in [-0.2, -0.15) is 8.42 Å². The molecule has 0 N–H and O–H groups in total. The van der Waals surface area contributed by atoms with Crippen LogP contribution in [-0.2, 0) is 19.1 Å². The molecule has 94 valence electrons. The minimum atomic E-state index is -3.59. The number of carboxylic acids is 1. The fourth-order valence-corrected chi connectivity index (χ4v) is 1.69. The van der Waals surface area contributed by atoms with Gasteiger partial charge in [-0.1, -0.05) is 24.3 Å². The van der Waals surface area contributed by atoms with Gasteiger partial charge in [-0.05, 0) is 19.1 Å². The zero-order valence-electron chi connectivity index (χ0n) is 10.3. The topological polar surface area (TPSA) is 83.5 Å². The van der Waals surface area contributed by atoms with Crippen molar-refractivity contribution in [2.24, 2.45) is 0 Å². The fraction of sp³-hybridized carbons (Fsp3) is 0.182. The van der Waals surface area contributed by atoms with E-state index in [1.54, 1.807) is 18.2 Å². The van der Waals surface area contributed by atoms with Crippen molar-refractivity contribution in [3.63, 3.8) is 0 Å². The third-order valence-corrected chi connectivity index (χ3v) is 2.67. The molecule has 0 aliphatic heterocycles. The zero-order valence-corrected chi connectivity index (χ0v) is 13.1. The van der Waals surface area contributed by atoms with Crippen molar-refractivity contribution in [1.29, 1.82) is 0 Å². The molecule has 5 nitrogen and oxygen atoms in total. The largest absolute Gasteiger partial charge is 1.00 e. The van der Waals surface area contributed by atoms with Crippen molar-refractivity contribution in [1.82, 2.24) is 0 Å². The van der Waals surface area contributed by atoms with E-state index in [0.29, 0.717) is 0 Å². The number of benzene rings is 1. The number of carbonyl (C=O) groups excluding carboxylic acids is 1. The van der Waals surface area contributed by atoms with E-state index >= 15 is 0 Å². The molecule has 0 radical (unpaired) electrons. The molecule has 0 unspecified atom stereocenters. The van der Waals surface area contributed by atoms with Crippen LogP contribution in [0.15, 0.2) is 47.9 Å². The molecular weight excluding hydrogens is 267 g/mol. The van der Waals surface area contributed by atoms with Crippen LogP contribution in [0.3, 0.4) is 0 Å². The molecule has 18 heavy (non-hydrogen) atoms. The zero-order chi connectivity index (χ0) is 13.3. The van der Waals surface area contributed by atoms with Gasteiger partial charge in [-0.25, -0.2) is 0 Å². The summed E-state index contributed by atoms with van der Waals surface area (Å²) in [6.45, 7) is 4.34. The van der Waals surface area contributed by atoms with Gasteiger partial charge in [0.25, 0.3) is 10.1 Å². The maximum absolute atomic E-state index is 11.3. The molecule has 0 saturated carbocycles. The van der Waals surface area contributed by atoms with Crippen LogP contribution in [0.4, 0.5) is 0 Å². The van der Waals surface area contributed by atoms with Crippen LogP contribution >= 0.6 is 0 Å². The van der Waals surface area contributed by atoms with Gasteiger partial charge in [0.2, 0.25) is 0 Å². The van der Waals surface area contributed by atoms with E-state index in [1.807, 2.05) is 0 Å². The van der Waals surface area contributed by atoms with Crippen LogP contribution in [-0.4, -0.2) is 21.0 Å². The van der Waals surface area contributed by atoms with Crippen molar-refractivity contribution in [2.75, 3.05) is 6.61 Å². The molecule has 7 heteroatoms. The normalized spacial score (nSPS) is 9.39. The Kier molecular flexibility index (Phi) is 11.2. The smallest absolute Gasteiger partial charge is 0.550 e. The Morgan fingerprint density at radius 3 is 2.22 bits per heavy atom. The Hall–Kier alpha value is -0.660. The monoisotopic (exact) mass is 280 g/mol. The Morgan fingerprint density at radius 1 is 1.39 bits per heavy atom. The van der Waals surface area contributed by atoms with Gasteiger partial charge in [0, 0.05) is 5.97 Å². The third-order valence-electron chi connectivity index (χ3n) is 1.37. The summed E-state index contributed by atoms with van der Waals surface area (Å²) in [6, 6.07) is 8.00. The second-order valence-electron chi connectivity index (χ2n) is 2.83. The molecule has 0 aliphatic rings. The van der Waals surface area contributed by atoms with Gasteiger partial charge in [0.05, 0.1) is 11.5 Å². The molecule has 0 atom stereocenters. The standard InChI is InChI=1S/C9H10O3S.C2H4O2.Na/c1-2-8-12-13(10,11)9-6-4-3-5-7-9;1-2(3)4;/h2-7H,1,8H2;1H3,(H,3,4);/q;;+1/p-1. The molecule has 1 aromatic carbocycles. The first-order valence-corrected chi connectivity index (χ1v) is 6.04. The summed E-state index contributed by atoms with van der Waals surface area (Å²) in [7, 11) is -3.59. The average molecular weight is 280 g/mol. The van der Waals surface area contributed by atoms with Crippen LogP contribution in [0, 0.1) is 0 Å². The van der Waals surface area contributed by atoms with E-state index in [1.165, 1.54) is 18.2 Å². The van der Waals surface area contributed by atoms with E-state index in [2.05, 4.69) is 10.8 Å². The molecule has 0 heterocycles. The van der Waals surface area contributed by atoms with E-state index < -0.39 is 16.1 Å². The Balaban J connectivity index is 0. The number of carboxylic acid groups (broad SMARTS) is 1. The predicted molar refractivity (Wildman–Crippen MR) is 60.5 cm³/mol. The van der Waals surface area contributed by atoms with Gasteiger partial charge in [-0.3, -0.25) is 4.18 Å². The van der Waals surface area contributed by atoms with Gasteiger partial charge in [0.1, 0.15) is 0 Å². The molecular formula is C11H13NaO5S.